The van der Waals surface area contributed by atoms with Crippen molar-refractivity contribution in [3.63, 3.8) is 0 Å². The Morgan fingerprint density at radius 2 is 1.29 bits per heavy atom. The van der Waals surface area contributed by atoms with Gasteiger partial charge in [-0.15, -0.1) is 0 Å². The maximum absolute atomic E-state index is 11.6. The number of aromatic amines is 2. The van der Waals surface area contributed by atoms with Gasteiger partial charge in [0, 0.05) is 51.0 Å². The zero-order valence-electron chi connectivity index (χ0n) is 22.9. The third kappa shape index (κ3) is 10.7. The molecule has 0 saturated heterocycles. The minimum atomic E-state index is -0.826. The average Bonchev–Trinajstić information content (AvgIpc) is 3.52. The fraction of sp³-hybridized carbons (Fsp3) is 0.308. The van der Waals surface area contributed by atoms with Crippen LogP contribution in [0.15, 0.2) is 48.5 Å². The van der Waals surface area contributed by atoms with Crippen molar-refractivity contribution in [1.82, 2.24) is 9.97 Å². The fourth-order valence-electron chi connectivity index (χ4n) is 3.68. The second-order valence-electron chi connectivity index (χ2n) is 8.34. The molecular weight excluding hydrogens is 686 g/mol. The van der Waals surface area contributed by atoms with E-state index in [0.717, 1.165) is 22.1 Å². The van der Waals surface area contributed by atoms with Gasteiger partial charge in [-0.3, -0.25) is 19.7 Å². The summed E-state index contributed by atoms with van der Waals surface area (Å²) < 4.78 is 9.94. The van der Waals surface area contributed by atoms with Crippen LogP contribution in [-0.4, -0.2) is 69.9 Å². The standard InChI is InChI=1S/C13H14N2O4.C13H16N2O2.2ClH.2H2O.Sn/c1-3-19-13(16)8(2)12-7-9-6-10(15(17)18)4-5-11(9)14-12;1-3-17-13(16)8(2)12-7-9-6-10(14)4-5-11(9)15-12;;;;;/h4-8,14H,3H2,1-2H3;4-8,15H,3,14H2,1-2H3;2*1H;2*1H2;/q;;;;;;+2/p-2. The summed E-state index contributed by atoms with van der Waals surface area (Å²) >= 11 is -0.826. The van der Waals surface area contributed by atoms with E-state index < -0.39 is 29.7 Å². The van der Waals surface area contributed by atoms with Crippen molar-refractivity contribution in [1.29, 1.82) is 0 Å². The maximum atomic E-state index is 11.6. The summed E-state index contributed by atoms with van der Waals surface area (Å²) in [6.45, 7) is 7.84. The van der Waals surface area contributed by atoms with Crippen LogP contribution in [0.1, 0.15) is 50.9 Å². The van der Waals surface area contributed by atoms with Gasteiger partial charge in [0.15, 0.2) is 0 Å². The van der Waals surface area contributed by atoms with Crippen LogP contribution in [0.5, 0.6) is 0 Å². The first-order valence-electron chi connectivity index (χ1n) is 12.0. The molecule has 2 heterocycles. The van der Waals surface area contributed by atoms with Crippen molar-refractivity contribution in [2.45, 2.75) is 39.5 Å². The summed E-state index contributed by atoms with van der Waals surface area (Å²) in [7, 11) is 9.87. The molecule has 0 saturated carbocycles. The Hall–Kier alpha value is -3.04. The number of nitrogens with zero attached hydrogens (tertiary/aromatic N) is 1. The number of nitrogens with two attached hydrogens (primary N) is 1. The second kappa shape index (κ2) is 18.4. The normalized spacial score (nSPS) is 11.4. The molecule has 0 spiro atoms. The zero-order valence-corrected chi connectivity index (χ0v) is 27.3. The van der Waals surface area contributed by atoms with Gasteiger partial charge in [-0.2, -0.15) is 0 Å². The first-order chi connectivity index (χ1) is 18.6. The number of esters is 2. The van der Waals surface area contributed by atoms with Gasteiger partial charge in [0.2, 0.25) is 0 Å². The van der Waals surface area contributed by atoms with E-state index in [1.165, 1.54) is 12.1 Å². The number of benzene rings is 2. The van der Waals surface area contributed by atoms with Crippen molar-refractivity contribution >= 4 is 81.9 Å². The number of H-pyrrole nitrogens is 2. The van der Waals surface area contributed by atoms with Crippen LogP contribution in [0.2, 0.25) is 0 Å². The molecule has 0 bridgehead atoms. The summed E-state index contributed by atoms with van der Waals surface area (Å²) in [6.07, 6.45) is 0. The van der Waals surface area contributed by atoms with Crippen molar-refractivity contribution in [3.05, 3.63) is 70.0 Å². The fourth-order valence-corrected chi connectivity index (χ4v) is 3.68. The van der Waals surface area contributed by atoms with Crippen LogP contribution < -0.4 is 5.73 Å². The van der Waals surface area contributed by atoms with E-state index in [1.807, 2.05) is 31.2 Å². The molecule has 2 aromatic heterocycles. The summed E-state index contributed by atoms with van der Waals surface area (Å²) in [5, 5.41) is 12.4. The summed E-state index contributed by atoms with van der Waals surface area (Å²) in [4.78, 5) is 39.8. The van der Waals surface area contributed by atoms with Gasteiger partial charge in [0.05, 0.1) is 30.0 Å². The van der Waals surface area contributed by atoms with E-state index in [2.05, 4.69) is 9.97 Å². The van der Waals surface area contributed by atoms with Crippen LogP contribution in [0.25, 0.3) is 21.8 Å². The monoisotopic (exact) mass is 720 g/mol. The number of hydrogen-bond acceptors (Lipinski definition) is 7. The van der Waals surface area contributed by atoms with Crippen molar-refractivity contribution in [2.24, 2.45) is 0 Å². The van der Waals surface area contributed by atoms with Gasteiger partial charge >= 0.3 is 48.7 Å². The molecule has 8 N–H and O–H groups in total. The Morgan fingerprint density at radius 3 is 1.71 bits per heavy atom. The number of carbonyl (C=O) groups is 2. The Kier molecular flexibility index (Phi) is 17.0. The molecule has 0 aliphatic carbocycles. The van der Waals surface area contributed by atoms with Gasteiger partial charge in [-0.05, 0) is 64.1 Å². The Bertz CT molecular complexity index is 1430. The van der Waals surface area contributed by atoms with Gasteiger partial charge in [0.25, 0.3) is 5.69 Å². The number of nitro benzene ring substituents is 1. The van der Waals surface area contributed by atoms with E-state index >= 15 is 0 Å². The van der Waals surface area contributed by atoms with Crippen molar-refractivity contribution < 1.29 is 34.9 Å². The molecule has 0 aliphatic rings. The topological polar surface area (TPSA) is 216 Å². The molecule has 2 atom stereocenters. The van der Waals surface area contributed by atoms with E-state index in [4.69, 9.17) is 33.0 Å². The van der Waals surface area contributed by atoms with Crippen LogP contribution in [0.3, 0.4) is 0 Å². The third-order valence-corrected chi connectivity index (χ3v) is 5.71. The molecule has 0 aliphatic heterocycles. The molecule has 15 heteroatoms. The van der Waals surface area contributed by atoms with E-state index in [9.17, 15) is 19.7 Å². The molecule has 12 nitrogen and oxygen atoms in total. The number of anilines is 1. The predicted molar refractivity (Wildman–Crippen MR) is 162 cm³/mol. The molecule has 2 unspecified atom stereocenters. The van der Waals surface area contributed by atoms with Crippen LogP contribution >= 0.6 is 17.8 Å². The number of carbonyl (C=O) groups excluding carboxylic acids is 2. The number of nitro groups is 1. The minimum absolute atomic E-state index is 0. The van der Waals surface area contributed by atoms with E-state index in [-0.39, 0.29) is 34.5 Å². The number of fused-ring (bicyclic) bond motifs is 2. The predicted octanol–water partition coefficient (Wildman–Crippen LogP) is 4.51. The van der Waals surface area contributed by atoms with Crippen LogP contribution in [0.4, 0.5) is 11.4 Å². The van der Waals surface area contributed by atoms with Crippen LogP contribution in [0, 0.1) is 10.1 Å². The summed E-state index contributed by atoms with van der Waals surface area (Å²) in [6, 6.07) is 13.8. The number of halogens is 2. The van der Waals surface area contributed by atoms with E-state index in [1.54, 1.807) is 32.9 Å². The Balaban J connectivity index is 0.000000685. The molecule has 41 heavy (non-hydrogen) atoms. The summed E-state index contributed by atoms with van der Waals surface area (Å²) in [5.74, 6) is -1.24. The molecule has 2 radical (unpaired) electrons. The number of ether oxygens (including phenoxy) is 2. The first kappa shape index (κ1) is 38.0. The zero-order chi connectivity index (χ0) is 29.1. The molecule has 224 valence electrons. The Labute approximate surface area is 254 Å². The number of nitrogen functional groups attached to an aromatic ring is 1. The summed E-state index contributed by atoms with van der Waals surface area (Å²) in [5.41, 5.74) is 9.73. The third-order valence-electron chi connectivity index (χ3n) is 5.71. The first-order valence-corrected chi connectivity index (χ1v) is 19.2. The number of nitrogens with one attached hydrogen (secondary N) is 2. The van der Waals surface area contributed by atoms with E-state index in [0.29, 0.717) is 30.0 Å². The van der Waals surface area contributed by atoms with Gasteiger partial charge in [-0.25, -0.2) is 0 Å². The Morgan fingerprint density at radius 1 is 0.878 bits per heavy atom. The molecule has 0 fully saturated rings. The molecular formula is C26H34Cl2N4O8Sn. The quantitative estimate of drug-likeness (QED) is 0.0816. The number of hydrogen-bond donors (Lipinski definition) is 3. The molecule has 4 aromatic rings. The average molecular weight is 720 g/mol. The van der Waals surface area contributed by atoms with Crippen molar-refractivity contribution in [2.75, 3.05) is 18.9 Å². The van der Waals surface area contributed by atoms with Crippen molar-refractivity contribution in [3.8, 4) is 0 Å². The van der Waals surface area contributed by atoms with Gasteiger partial charge in [0.1, 0.15) is 0 Å². The molecule has 4 rings (SSSR count). The van der Waals surface area contributed by atoms with Gasteiger partial charge < -0.3 is 36.1 Å². The SMILES string of the molecule is CCOC(=O)C(C)c1cc2cc(N)ccc2[nH]1.CCOC(=O)C(C)c1cc2cc([N+](=O)[O-])ccc2[nH]1.O.O.[Cl][Sn][Cl]. The molecule has 2 aromatic carbocycles. The number of aromatic nitrogens is 2. The second-order valence-corrected chi connectivity index (χ2v) is 12.6. The van der Waals surface area contributed by atoms with Crippen LogP contribution in [-0.2, 0) is 19.1 Å². The number of non-ortho nitro benzene ring substituents is 1. The molecule has 0 amide bonds. The van der Waals surface area contributed by atoms with Gasteiger partial charge in [-0.1, -0.05) is 0 Å². The number of rotatable bonds is 7.